The number of amides is 1. The lowest BCUT2D eigenvalue weighted by Gasteiger charge is -2.29. The van der Waals surface area contributed by atoms with Crippen LogP contribution in [0.2, 0.25) is 5.02 Å². The van der Waals surface area contributed by atoms with Gasteiger partial charge in [-0.15, -0.1) is 0 Å². The largest absolute Gasteiger partial charge is 0.479 e. The third kappa shape index (κ3) is 4.65. The van der Waals surface area contributed by atoms with Gasteiger partial charge in [-0.1, -0.05) is 23.7 Å². The average molecular weight is 361 g/mol. The number of carbonyl (C=O) groups excluding carboxylic acids is 1. The van der Waals surface area contributed by atoms with E-state index < -0.39 is 6.10 Å². The molecular formula is C19H21ClN2O3. The van der Waals surface area contributed by atoms with Crippen LogP contribution in [0.1, 0.15) is 6.92 Å². The van der Waals surface area contributed by atoms with E-state index in [2.05, 4.69) is 10.2 Å². The van der Waals surface area contributed by atoms with Gasteiger partial charge in [0.2, 0.25) is 0 Å². The number of morpholine rings is 1. The van der Waals surface area contributed by atoms with Gasteiger partial charge >= 0.3 is 0 Å². The fourth-order valence-corrected chi connectivity index (χ4v) is 2.79. The highest BCUT2D eigenvalue weighted by Crippen LogP contribution is 2.24. The monoisotopic (exact) mass is 360 g/mol. The molecule has 1 aliphatic rings. The molecule has 1 aliphatic heterocycles. The van der Waals surface area contributed by atoms with E-state index in [0.717, 1.165) is 37.7 Å². The Kier molecular flexibility index (Phi) is 5.79. The summed E-state index contributed by atoms with van der Waals surface area (Å²) in [6.07, 6.45) is -0.654. The Labute approximate surface area is 152 Å². The molecule has 0 aliphatic carbocycles. The molecule has 1 saturated heterocycles. The van der Waals surface area contributed by atoms with Crippen molar-refractivity contribution in [3.8, 4) is 5.75 Å². The molecular weight excluding hydrogens is 340 g/mol. The van der Waals surface area contributed by atoms with E-state index in [9.17, 15) is 4.79 Å². The van der Waals surface area contributed by atoms with E-state index in [1.807, 2.05) is 36.4 Å². The second-order valence-corrected chi connectivity index (χ2v) is 6.23. The maximum absolute atomic E-state index is 12.3. The lowest BCUT2D eigenvalue weighted by atomic mass is 10.2. The number of halogens is 1. The van der Waals surface area contributed by atoms with Crippen LogP contribution < -0.4 is 15.0 Å². The molecule has 1 fully saturated rings. The Morgan fingerprint density at radius 2 is 1.84 bits per heavy atom. The number of rotatable bonds is 5. The smallest absolute Gasteiger partial charge is 0.265 e. The minimum Gasteiger partial charge on any atom is -0.479 e. The fourth-order valence-electron chi connectivity index (χ4n) is 2.61. The van der Waals surface area contributed by atoms with Gasteiger partial charge in [0.05, 0.1) is 18.2 Å². The molecule has 1 N–H and O–H groups in total. The summed E-state index contributed by atoms with van der Waals surface area (Å²) in [5.74, 6) is 0.272. The zero-order valence-corrected chi connectivity index (χ0v) is 14.8. The first-order chi connectivity index (χ1) is 12.1. The van der Waals surface area contributed by atoms with Crippen molar-refractivity contribution >= 4 is 28.9 Å². The van der Waals surface area contributed by atoms with Crippen molar-refractivity contribution in [3.05, 3.63) is 53.6 Å². The molecule has 0 radical (unpaired) electrons. The summed E-state index contributed by atoms with van der Waals surface area (Å²) >= 11 is 6.05. The van der Waals surface area contributed by atoms with Crippen molar-refractivity contribution in [2.45, 2.75) is 13.0 Å². The Balaban J connectivity index is 1.57. The first-order valence-electron chi connectivity index (χ1n) is 8.28. The highest BCUT2D eigenvalue weighted by Gasteiger charge is 2.16. The minimum absolute atomic E-state index is 0.223. The molecule has 25 heavy (non-hydrogen) atoms. The maximum atomic E-state index is 12.3. The number of carbonyl (C=O) groups is 1. The number of ether oxygens (including phenoxy) is 2. The maximum Gasteiger partial charge on any atom is 0.265 e. The SMILES string of the molecule is C[C@@H](Oc1ccccc1Cl)C(=O)Nc1ccc(N2CCOCC2)cc1. The molecule has 132 valence electrons. The van der Waals surface area contributed by atoms with Crippen LogP contribution in [-0.4, -0.2) is 38.3 Å². The number of hydrogen-bond acceptors (Lipinski definition) is 4. The van der Waals surface area contributed by atoms with Gasteiger partial charge in [-0.05, 0) is 43.3 Å². The number of hydrogen-bond donors (Lipinski definition) is 1. The van der Waals surface area contributed by atoms with E-state index in [0.29, 0.717) is 10.8 Å². The highest BCUT2D eigenvalue weighted by atomic mass is 35.5. The van der Waals surface area contributed by atoms with Crippen LogP contribution in [0.4, 0.5) is 11.4 Å². The average Bonchev–Trinajstić information content (AvgIpc) is 2.65. The summed E-state index contributed by atoms with van der Waals surface area (Å²) in [5, 5.41) is 3.34. The van der Waals surface area contributed by atoms with Gasteiger partial charge in [-0.3, -0.25) is 4.79 Å². The Bertz CT molecular complexity index is 715. The Hall–Kier alpha value is -2.24. The van der Waals surface area contributed by atoms with Gasteiger partial charge < -0.3 is 19.7 Å². The third-order valence-corrected chi connectivity index (χ3v) is 4.33. The lowest BCUT2D eigenvalue weighted by Crippen LogP contribution is -2.36. The van der Waals surface area contributed by atoms with Crippen molar-refractivity contribution in [1.82, 2.24) is 0 Å². The summed E-state index contributed by atoms with van der Waals surface area (Å²) in [5.41, 5.74) is 1.86. The topological polar surface area (TPSA) is 50.8 Å². The van der Waals surface area contributed by atoms with Gasteiger partial charge in [0, 0.05) is 24.5 Å². The minimum atomic E-state index is -0.654. The molecule has 5 nitrogen and oxygen atoms in total. The van der Waals surface area contributed by atoms with E-state index >= 15 is 0 Å². The number of nitrogens with zero attached hydrogens (tertiary/aromatic N) is 1. The van der Waals surface area contributed by atoms with Gasteiger partial charge in [-0.2, -0.15) is 0 Å². The zero-order valence-electron chi connectivity index (χ0n) is 14.1. The van der Waals surface area contributed by atoms with E-state index in [1.165, 1.54) is 0 Å². The van der Waals surface area contributed by atoms with Crippen molar-refractivity contribution in [1.29, 1.82) is 0 Å². The molecule has 1 heterocycles. The molecule has 2 aromatic carbocycles. The predicted octanol–water partition coefficient (Wildman–Crippen LogP) is 3.58. The van der Waals surface area contributed by atoms with Crippen LogP contribution in [-0.2, 0) is 9.53 Å². The molecule has 0 spiro atoms. The molecule has 3 rings (SSSR count). The van der Waals surface area contributed by atoms with E-state index in [-0.39, 0.29) is 5.91 Å². The van der Waals surface area contributed by atoms with Crippen LogP contribution in [0.15, 0.2) is 48.5 Å². The number of benzene rings is 2. The van der Waals surface area contributed by atoms with E-state index in [1.54, 1.807) is 19.1 Å². The molecule has 0 bridgehead atoms. The van der Waals surface area contributed by atoms with Crippen molar-refractivity contribution < 1.29 is 14.3 Å². The summed E-state index contributed by atoms with van der Waals surface area (Å²) in [6.45, 7) is 4.95. The van der Waals surface area contributed by atoms with Gasteiger partial charge in [0.15, 0.2) is 6.10 Å². The van der Waals surface area contributed by atoms with E-state index in [4.69, 9.17) is 21.1 Å². The molecule has 0 saturated carbocycles. The van der Waals surface area contributed by atoms with Crippen LogP contribution in [0.3, 0.4) is 0 Å². The summed E-state index contributed by atoms with van der Waals surface area (Å²) in [6, 6.07) is 14.9. The Morgan fingerprint density at radius 3 is 2.52 bits per heavy atom. The Morgan fingerprint density at radius 1 is 1.16 bits per heavy atom. The molecule has 6 heteroatoms. The quantitative estimate of drug-likeness (QED) is 0.885. The number of anilines is 2. The molecule has 1 atom stereocenters. The van der Waals surface area contributed by atoms with Gasteiger partial charge in [-0.25, -0.2) is 0 Å². The second kappa shape index (κ2) is 8.23. The van der Waals surface area contributed by atoms with Crippen LogP contribution in [0.5, 0.6) is 5.75 Å². The first kappa shape index (κ1) is 17.6. The second-order valence-electron chi connectivity index (χ2n) is 5.83. The summed E-state index contributed by atoms with van der Waals surface area (Å²) in [7, 11) is 0. The van der Waals surface area contributed by atoms with Crippen molar-refractivity contribution in [3.63, 3.8) is 0 Å². The van der Waals surface area contributed by atoms with Crippen LogP contribution in [0, 0.1) is 0 Å². The molecule has 0 unspecified atom stereocenters. The zero-order chi connectivity index (χ0) is 17.6. The summed E-state index contributed by atoms with van der Waals surface area (Å²) in [4.78, 5) is 14.6. The number of para-hydroxylation sites is 1. The molecule has 0 aromatic heterocycles. The number of nitrogens with one attached hydrogen (secondary N) is 1. The molecule has 2 aromatic rings. The third-order valence-electron chi connectivity index (χ3n) is 4.02. The predicted molar refractivity (Wildman–Crippen MR) is 99.6 cm³/mol. The van der Waals surface area contributed by atoms with Crippen LogP contribution in [0.25, 0.3) is 0 Å². The molecule has 1 amide bonds. The van der Waals surface area contributed by atoms with Gasteiger partial charge in [0.1, 0.15) is 5.75 Å². The highest BCUT2D eigenvalue weighted by molar-refractivity contribution is 6.32. The lowest BCUT2D eigenvalue weighted by molar-refractivity contribution is -0.122. The fraction of sp³-hybridized carbons (Fsp3) is 0.316. The van der Waals surface area contributed by atoms with Crippen LogP contribution >= 0.6 is 11.6 Å². The van der Waals surface area contributed by atoms with Gasteiger partial charge in [0.25, 0.3) is 5.91 Å². The standard InChI is InChI=1S/C19H21ClN2O3/c1-14(25-18-5-3-2-4-17(18)20)19(23)21-15-6-8-16(9-7-15)22-10-12-24-13-11-22/h2-9,14H,10-13H2,1H3,(H,21,23)/t14-/m1/s1. The normalized spacial score (nSPS) is 15.5. The van der Waals surface area contributed by atoms with Crippen molar-refractivity contribution in [2.75, 3.05) is 36.5 Å². The van der Waals surface area contributed by atoms with Crippen molar-refractivity contribution in [2.24, 2.45) is 0 Å². The summed E-state index contributed by atoms with van der Waals surface area (Å²) < 4.78 is 11.0. The first-order valence-corrected chi connectivity index (χ1v) is 8.66.